The molecule has 1 aliphatic rings. The summed E-state index contributed by atoms with van der Waals surface area (Å²) in [7, 11) is 0. The van der Waals surface area contributed by atoms with Gasteiger partial charge in [-0.25, -0.2) is 5.43 Å². The highest BCUT2D eigenvalue weighted by Gasteiger charge is 2.27. The van der Waals surface area contributed by atoms with E-state index in [2.05, 4.69) is 62.3 Å². The van der Waals surface area contributed by atoms with Gasteiger partial charge in [-0.15, -0.1) is 0 Å². The number of aromatic hydroxyl groups is 1. The fourth-order valence-corrected chi connectivity index (χ4v) is 3.15. The second kappa shape index (κ2) is 7.08. The highest BCUT2D eigenvalue weighted by molar-refractivity contribution is 5.93. The van der Waals surface area contributed by atoms with Crippen LogP contribution in [0.3, 0.4) is 0 Å². The predicted octanol–water partition coefficient (Wildman–Crippen LogP) is 4.35. The van der Waals surface area contributed by atoms with E-state index in [0.29, 0.717) is 17.4 Å². The first-order chi connectivity index (χ1) is 13.0. The Balaban J connectivity index is 1.81. The minimum absolute atomic E-state index is 0.217. The summed E-state index contributed by atoms with van der Waals surface area (Å²) in [5.41, 5.74) is 6.00. The molecule has 3 N–H and O–H groups in total. The van der Waals surface area contributed by atoms with Crippen LogP contribution < -0.4 is 5.43 Å². The molecule has 1 aromatic heterocycles. The molecule has 0 bridgehead atoms. The third-order valence-corrected chi connectivity index (χ3v) is 4.98. The topological polar surface area (TPSA) is 90.4 Å². The molecule has 6 nitrogen and oxygen atoms in total. The standard InChI is InChI=1S/C22H30N4O2/c1-21(2,3)15-9-13(10-16(19(15)27)22(4,5)6)12-23-26-20(28)18-11-17(24-25-18)14-7-8-14/h9-12,14,27H,7-8H2,1-6H3,(H,24,25)(H,26,28)/b23-12-. The quantitative estimate of drug-likeness (QED) is 0.542. The average molecular weight is 383 g/mol. The van der Waals surface area contributed by atoms with Gasteiger partial charge >= 0.3 is 0 Å². The van der Waals surface area contributed by atoms with E-state index >= 15 is 0 Å². The first-order valence-electron chi connectivity index (χ1n) is 9.73. The lowest BCUT2D eigenvalue weighted by atomic mass is 9.78. The third-order valence-electron chi connectivity index (χ3n) is 4.98. The molecule has 1 fully saturated rings. The van der Waals surface area contributed by atoms with E-state index in [9.17, 15) is 9.90 Å². The normalized spacial score (nSPS) is 15.2. The summed E-state index contributed by atoms with van der Waals surface area (Å²) in [4.78, 5) is 12.3. The van der Waals surface area contributed by atoms with E-state index in [0.717, 1.165) is 35.2 Å². The Morgan fingerprint density at radius 2 is 1.71 bits per heavy atom. The summed E-state index contributed by atoms with van der Waals surface area (Å²) >= 11 is 0. The van der Waals surface area contributed by atoms with Crippen LogP contribution >= 0.6 is 0 Å². The zero-order chi connectivity index (χ0) is 20.7. The van der Waals surface area contributed by atoms with Crippen LogP contribution in [0.2, 0.25) is 0 Å². The van der Waals surface area contributed by atoms with Crippen molar-refractivity contribution in [3.63, 3.8) is 0 Å². The van der Waals surface area contributed by atoms with Gasteiger partial charge in [0.05, 0.1) is 6.21 Å². The Hall–Kier alpha value is -2.63. The van der Waals surface area contributed by atoms with Crippen LogP contribution in [0.5, 0.6) is 5.75 Å². The number of phenolic OH excluding ortho intramolecular Hbond substituents is 1. The number of carbonyl (C=O) groups excluding carboxylic acids is 1. The molecule has 6 heteroatoms. The Morgan fingerprint density at radius 1 is 1.14 bits per heavy atom. The van der Waals surface area contributed by atoms with Crippen LogP contribution in [0.25, 0.3) is 0 Å². The molecule has 1 aliphatic carbocycles. The number of H-pyrrole nitrogens is 1. The van der Waals surface area contributed by atoms with Crippen molar-refractivity contribution in [3.8, 4) is 5.75 Å². The number of hydrogen-bond donors (Lipinski definition) is 3. The smallest absolute Gasteiger partial charge is 0.291 e. The molecule has 0 radical (unpaired) electrons. The van der Waals surface area contributed by atoms with Crippen molar-refractivity contribution < 1.29 is 9.90 Å². The summed E-state index contributed by atoms with van der Waals surface area (Å²) in [5, 5.41) is 21.9. The van der Waals surface area contributed by atoms with Gasteiger partial charge in [0.2, 0.25) is 0 Å². The van der Waals surface area contributed by atoms with Crippen LogP contribution in [0.4, 0.5) is 0 Å². The fraction of sp³-hybridized carbons (Fsp3) is 0.500. The van der Waals surface area contributed by atoms with Crippen LogP contribution in [0.1, 0.15) is 93.2 Å². The lowest BCUT2D eigenvalue weighted by Gasteiger charge is -2.27. The van der Waals surface area contributed by atoms with Gasteiger partial charge in [0, 0.05) is 22.7 Å². The Kier molecular flexibility index (Phi) is 5.08. The molecule has 0 aliphatic heterocycles. The van der Waals surface area contributed by atoms with Crippen LogP contribution in [0, 0.1) is 0 Å². The number of nitrogens with one attached hydrogen (secondary N) is 2. The molecule has 1 aromatic carbocycles. The number of carbonyl (C=O) groups is 1. The van der Waals surface area contributed by atoms with Crippen molar-refractivity contribution in [2.24, 2.45) is 5.10 Å². The number of amides is 1. The van der Waals surface area contributed by atoms with Gasteiger partial charge in [0.25, 0.3) is 5.91 Å². The van der Waals surface area contributed by atoms with Gasteiger partial charge in [0.15, 0.2) is 5.69 Å². The monoisotopic (exact) mass is 382 g/mol. The van der Waals surface area contributed by atoms with Crippen LogP contribution in [-0.4, -0.2) is 27.4 Å². The number of benzene rings is 1. The fourth-order valence-electron chi connectivity index (χ4n) is 3.15. The summed E-state index contributed by atoms with van der Waals surface area (Å²) in [5.74, 6) is 0.497. The molecule has 0 saturated heterocycles. The number of aromatic nitrogens is 2. The molecular formula is C22H30N4O2. The maximum Gasteiger partial charge on any atom is 0.291 e. The van der Waals surface area contributed by atoms with Crippen molar-refractivity contribution in [1.82, 2.24) is 15.6 Å². The summed E-state index contributed by atoms with van der Waals surface area (Å²) < 4.78 is 0. The van der Waals surface area contributed by atoms with Gasteiger partial charge in [-0.2, -0.15) is 10.2 Å². The second-order valence-corrected chi connectivity index (χ2v) is 9.65. The SMILES string of the molecule is CC(C)(C)c1cc(/C=N\NC(=O)c2cc(C3CC3)[nH]n2)cc(C(C)(C)C)c1O. The molecule has 0 spiro atoms. The van der Waals surface area contributed by atoms with E-state index < -0.39 is 0 Å². The summed E-state index contributed by atoms with van der Waals surface area (Å²) in [6.45, 7) is 12.4. The molecule has 1 saturated carbocycles. The van der Waals surface area contributed by atoms with Crippen molar-refractivity contribution in [3.05, 3.63) is 46.3 Å². The first kappa shape index (κ1) is 20.1. The van der Waals surface area contributed by atoms with Gasteiger partial charge in [0.1, 0.15) is 5.75 Å². The minimum Gasteiger partial charge on any atom is -0.507 e. The third kappa shape index (κ3) is 4.43. The molecule has 0 unspecified atom stereocenters. The van der Waals surface area contributed by atoms with Gasteiger partial charge in [-0.3, -0.25) is 9.89 Å². The molecule has 150 valence electrons. The summed E-state index contributed by atoms with van der Waals surface area (Å²) in [6, 6.07) is 5.62. The van der Waals surface area contributed by atoms with Crippen LogP contribution in [0.15, 0.2) is 23.3 Å². The van der Waals surface area contributed by atoms with Crippen LogP contribution in [-0.2, 0) is 10.8 Å². The lowest BCUT2D eigenvalue weighted by Crippen LogP contribution is -2.19. The van der Waals surface area contributed by atoms with E-state index in [1.54, 1.807) is 12.3 Å². The number of rotatable bonds is 4. The lowest BCUT2D eigenvalue weighted by molar-refractivity contribution is 0.0950. The molecule has 2 aromatic rings. The number of hydrazone groups is 1. The first-order valence-corrected chi connectivity index (χ1v) is 9.73. The number of phenols is 1. The van der Waals surface area contributed by atoms with Gasteiger partial charge in [-0.1, -0.05) is 41.5 Å². The zero-order valence-electron chi connectivity index (χ0n) is 17.6. The number of hydrogen-bond acceptors (Lipinski definition) is 4. The highest BCUT2D eigenvalue weighted by atomic mass is 16.3. The summed E-state index contributed by atoms with van der Waals surface area (Å²) in [6.07, 6.45) is 3.90. The highest BCUT2D eigenvalue weighted by Crippen LogP contribution is 2.40. The molecule has 0 atom stereocenters. The molecular weight excluding hydrogens is 352 g/mol. The zero-order valence-corrected chi connectivity index (χ0v) is 17.6. The Morgan fingerprint density at radius 3 is 2.21 bits per heavy atom. The van der Waals surface area contributed by atoms with Crippen molar-refractivity contribution in [2.45, 2.75) is 71.1 Å². The largest absolute Gasteiger partial charge is 0.507 e. The maximum atomic E-state index is 12.3. The number of nitrogens with zero attached hydrogens (tertiary/aromatic N) is 2. The molecule has 3 rings (SSSR count). The van der Waals surface area contributed by atoms with Crippen molar-refractivity contribution in [1.29, 1.82) is 0 Å². The minimum atomic E-state index is -0.342. The molecule has 1 amide bonds. The van der Waals surface area contributed by atoms with Crippen molar-refractivity contribution >= 4 is 12.1 Å². The predicted molar refractivity (Wildman–Crippen MR) is 111 cm³/mol. The van der Waals surface area contributed by atoms with Gasteiger partial charge < -0.3 is 5.11 Å². The van der Waals surface area contributed by atoms with E-state index in [4.69, 9.17) is 0 Å². The second-order valence-electron chi connectivity index (χ2n) is 9.65. The number of aromatic amines is 1. The molecule has 28 heavy (non-hydrogen) atoms. The van der Waals surface area contributed by atoms with Gasteiger partial charge in [-0.05, 0) is 47.4 Å². The average Bonchev–Trinajstić information content (AvgIpc) is 3.30. The van der Waals surface area contributed by atoms with E-state index in [1.165, 1.54) is 0 Å². The van der Waals surface area contributed by atoms with Crippen molar-refractivity contribution in [2.75, 3.05) is 0 Å². The Labute approximate surface area is 166 Å². The maximum absolute atomic E-state index is 12.3. The Bertz CT molecular complexity index is 874. The molecule has 1 heterocycles. The van der Waals surface area contributed by atoms with E-state index in [1.807, 2.05) is 12.1 Å². The van der Waals surface area contributed by atoms with E-state index in [-0.39, 0.29) is 16.7 Å².